The van der Waals surface area contributed by atoms with Crippen molar-refractivity contribution in [2.45, 2.75) is 70.6 Å². The number of rotatable bonds is 6. The Kier molecular flexibility index (Phi) is 6.46. The Morgan fingerprint density at radius 2 is 1.88 bits per heavy atom. The highest BCUT2D eigenvalue weighted by Crippen LogP contribution is 2.30. The van der Waals surface area contributed by atoms with Gasteiger partial charge in [-0.05, 0) is 33.3 Å². The molecule has 0 aromatic heterocycles. The van der Waals surface area contributed by atoms with E-state index in [1.54, 1.807) is 0 Å². The summed E-state index contributed by atoms with van der Waals surface area (Å²) in [6.45, 7) is 7.63. The summed E-state index contributed by atoms with van der Waals surface area (Å²) in [7, 11) is 0. The predicted octanol–water partition coefficient (Wildman–Crippen LogP) is 4.25. The maximum absolute atomic E-state index is 12.4. The first-order valence-corrected chi connectivity index (χ1v) is 9.49. The number of carbonyl (C=O) groups is 1. The van der Waals surface area contributed by atoms with Crippen molar-refractivity contribution < 1.29 is 19.0 Å². The first kappa shape index (κ1) is 19.4. The summed E-state index contributed by atoms with van der Waals surface area (Å²) in [6, 6.07) is 10.0. The molecule has 0 bridgehead atoms. The summed E-state index contributed by atoms with van der Waals surface area (Å²) in [5.74, 6) is -0.909. The van der Waals surface area contributed by atoms with Crippen LogP contribution >= 0.6 is 15.9 Å². The van der Waals surface area contributed by atoms with Gasteiger partial charge in [0.1, 0.15) is 5.60 Å². The first-order valence-electron chi connectivity index (χ1n) is 8.36. The minimum Gasteiger partial charge on any atom is -0.459 e. The van der Waals surface area contributed by atoms with E-state index in [2.05, 4.69) is 15.9 Å². The van der Waals surface area contributed by atoms with Crippen molar-refractivity contribution in [1.29, 1.82) is 0 Å². The van der Waals surface area contributed by atoms with Crippen LogP contribution in [0.4, 0.5) is 0 Å². The second-order valence-corrected chi connectivity index (χ2v) is 8.02. The zero-order valence-electron chi connectivity index (χ0n) is 14.9. The van der Waals surface area contributed by atoms with E-state index in [0.29, 0.717) is 12.8 Å². The quantitative estimate of drug-likeness (QED) is 0.530. The number of hydrogen-bond acceptors (Lipinski definition) is 4. The smallest absolute Gasteiger partial charge is 0.308 e. The number of hydrogen-bond donors (Lipinski definition) is 0. The summed E-state index contributed by atoms with van der Waals surface area (Å²) < 4.78 is 17.4. The molecular formula is C19H27BrO4. The number of ether oxygens (including phenoxy) is 3. The molecule has 0 radical (unpaired) electrons. The maximum atomic E-state index is 12.4. The molecule has 2 rings (SSSR count). The van der Waals surface area contributed by atoms with Crippen LogP contribution in [0.2, 0.25) is 0 Å². The van der Waals surface area contributed by atoms with Gasteiger partial charge in [-0.3, -0.25) is 4.79 Å². The van der Waals surface area contributed by atoms with Gasteiger partial charge in [0.05, 0.1) is 18.6 Å². The van der Waals surface area contributed by atoms with Gasteiger partial charge in [-0.25, -0.2) is 0 Å². The normalized spacial score (nSPS) is 23.7. The van der Waals surface area contributed by atoms with Gasteiger partial charge in [0.2, 0.25) is 0 Å². The highest BCUT2D eigenvalue weighted by atomic mass is 79.9. The molecule has 24 heavy (non-hydrogen) atoms. The van der Waals surface area contributed by atoms with Crippen molar-refractivity contribution >= 4 is 21.9 Å². The number of esters is 1. The summed E-state index contributed by atoms with van der Waals surface area (Å²) >= 11 is 3.45. The van der Waals surface area contributed by atoms with Crippen molar-refractivity contribution in [2.24, 2.45) is 0 Å². The van der Waals surface area contributed by atoms with Gasteiger partial charge < -0.3 is 14.2 Å². The molecule has 1 aromatic rings. The largest absolute Gasteiger partial charge is 0.459 e. The molecule has 2 atom stereocenters. The van der Waals surface area contributed by atoms with E-state index < -0.39 is 11.4 Å². The van der Waals surface area contributed by atoms with E-state index in [9.17, 15) is 4.79 Å². The summed E-state index contributed by atoms with van der Waals surface area (Å²) in [5.41, 5.74) is 0.603. The van der Waals surface area contributed by atoms with Crippen LogP contribution in [0.3, 0.4) is 0 Å². The molecule has 0 saturated carbocycles. The Morgan fingerprint density at radius 3 is 2.50 bits per heavy atom. The van der Waals surface area contributed by atoms with E-state index in [4.69, 9.17) is 14.2 Å². The Morgan fingerprint density at radius 1 is 1.25 bits per heavy atom. The zero-order chi connectivity index (χ0) is 17.8. The number of halogens is 1. The Balaban J connectivity index is 1.89. The molecule has 0 amide bonds. The second kappa shape index (κ2) is 7.98. The minimum atomic E-state index is -0.679. The molecule has 0 spiro atoms. The summed E-state index contributed by atoms with van der Waals surface area (Å²) in [5, 5.41) is 0.727. The highest BCUT2D eigenvalue weighted by molar-refractivity contribution is 9.09. The van der Waals surface area contributed by atoms with Crippen LogP contribution in [-0.4, -0.2) is 34.9 Å². The molecule has 0 N–H and O–H groups in total. The molecule has 1 aromatic carbocycles. The Bertz CT molecular complexity index is 542. The SMILES string of the molecule is CC(C)(Cc1ccccc1)OC(=O)CC1CC(CBr)OC(C)(C)O1. The van der Waals surface area contributed by atoms with Crippen LogP contribution in [0.15, 0.2) is 30.3 Å². The lowest BCUT2D eigenvalue weighted by Gasteiger charge is -2.40. The van der Waals surface area contributed by atoms with Gasteiger partial charge in [-0.2, -0.15) is 0 Å². The fourth-order valence-corrected chi connectivity index (χ4v) is 3.50. The number of carbonyl (C=O) groups excluding carboxylic acids is 1. The maximum Gasteiger partial charge on any atom is 0.308 e. The number of alkyl halides is 1. The van der Waals surface area contributed by atoms with Crippen molar-refractivity contribution in [3.63, 3.8) is 0 Å². The molecule has 2 unspecified atom stereocenters. The standard InChI is InChI=1S/C19H27BrO4/c1-18(2,12-14-8-6-5-7-9-14)24-17(21)11-15-10-16(13-20)23-19(3,4)22-15/h5-9,15-16H,10-13H2,1-4H3. The minimum absolute atomic E-state index is 0.0453. The number of benzene rings is 1. The molecule has 1 aliphatic rings. The second-order valence-electron chi connectivity index (χ2n) is 7.37. The van der Waals surface area contributed by atoms with Gasteiger partial charge in [-0.15, -0.1) is 0 Å². The summed E-state index contributed by atoms with van der Waals surface area (Å²) in [6.07, 6.45) is 1.47. The molecule has 5 heteroatoms. The molecule has 4 nitrogen and oxygen atoms in total. The van der Waals surface area contributed by atoms with E-state index >= 15 is 0 Å². The highest BCUT2D eigenvalue weighted by Gasteiger charge is 2.37. The average Bonchev–Trinajstić information content (AvgIpc) is 2.45. The van der Waals surface area contributed by atoms with E-state index in [1.807, 2.05) is 58.0 Å². The molecule has 0 aliphatic carbocycles. The Hall–Kier alpha value is -0.910. The molecule has 134 valence electrons. The van der Waals surface area contributed by atoms with Crippen LogP contribution in [-0.2, 0) is 25.4 Å². The van der Waals surface area contributed by atoms with E-state index in [1.165, 1.54) is 0 Å². The fraction of sp³-hybridized carbons (Fsp3) is 0.632. The van der Waals surface area contributed by atoms with Crippen LogP contribution in [0.5, 0.6) is 0 Å². The van der Waals surface area contributed by atoms with Crippen molar-refractivity contribution in [1.82, 2.24) is 0 Å². The topological polar surface area (TPSA) is 44.8 Å². The van der Waals surface area contributed by atoms with Gasteiger partial charge in [0.25, 0.3) is 0 Å². The molecule has 1 heterocycles. The van der Waals surface area contributed by atoms with Gasteiger partial charge in [-0.1, -0.05) is 46.3 Å². The predicted molar refractivity (Wildman–Crippen MR) is 97.2 cm³/mol. The van der Waals surface area contributed by atoms with Gasteiger partial charge in [0.15, 0.2) is 5.79 Å². The van der Waals surface area contributed by atoms with Gasteiger partial charge in [0, 0.05) is 18.2 Å². The third kappa shape index (κ3) is 6.19. The van der Waals surface area contributed by atoms with Crippen molar-refractivity contribution in [2.75, 3.05) is 5.33 Å². The van der Waals surface area contributed by atoms with E-state index in [-0.39, 0.29) is 24.6 Å². The third-order valence-electron chi connectivity index (χ3n) is 3.86. The lowest BCUT2D eigenvalue weighted by atomic mass is 9.98. The first-order chi connectivity index (χ1) is 11.2. The van der Waals surface area contributed by atoms with Crippen LogP contribution in [0.1, 0.15) is 46.1 Å². The summed E-state index contributed by atoms with van der Waals surface area (Å²) in [4.78, 5) is 12.4. The van der Waals surface area contributed by atoms with Crippen LogP contribution in [0, 0.1) is 0 Å². The van der Waals surface area contributed by atoms with Crippen molar-refractivity contribution in [3.8, 4) is 0 Å². The average molecular weight is 399 g/mol. The zero-order valence-corrected chi connectivity index (χ0v) is 16.5. The molecular weight excluding hydrogens is 372 g/mol. The Labute approximate surface area is 153 Å². The van der Waals surface area contributed by atoms with Crippen LogP contribution < -0.4 is 0 Å². The van der Waals surface area contributed by atoms with Crippen LogP contribution in [0.25, 0.3) is 0 Å². The molecule has 1 fully saturated rings. The molecule has 1 aliphatic heterocycles. The molecule has 1 saturated heterocycles. The van der Waals surface area contributed by atoms with Crippen molar-refractivity contribution in [3.05, 3.63) is 35.9 Å². The lowest BCUT2D eigenvalue weighted by molar-refractivity contribution is -0.295. The fourth-order valence-electron chi connectivity index (χ4n) is 3.10. The monoisotopic (exact) mass is 398 g/mol. The van der Waals surface area contributed by atoms with Gasteiger partial charge >= 0.3 is 5.97 Å². The lowest BCUT2D eigenvalue weighted by Crippen LogP contribution is -2.46. The van der Waals surface area contributed by atoms with E-state index in [0.717, 1.165) is 10.9 Å². The third-order valence-corrected chi connectivity index (χ3v) is 4.58.